The largest absolute Gasteiger partial charge is 0.462 e. The summed E-state index contributed by atoms with van der Waals surface area (Å²) in [5.41, 5.74) is 6.72. The number of ether oxygens (including phenoxy) is 2. The number of fused-ring (bicyclic) bond motifs is 1. The van der Waals surface area contributed by atoms with Crippen LogP contribution < -0.4 is 5.73 Å². The van der Waals surface area contributed by atoms with Crippen molar-refractivity contribution < 1.29 is 23.9 Å². The highest BCUT2D eigenvalue weighted by atomic mass is 32.1. The van der Waals surface area contributed by atoms with Gasteiger partial charge >= 0.3 is 11.9 Å². The highest BCUT2D eigenvalue weighted by molar-refractivity contribution is 7.20. The number of anilines is 1. The highest BCUT2D eigenvalue weighted by Gasteiger charge is 2.22. The molecule has 2 aromatic heterocycles. The van der Waals surface area contributed by atoms with Crippen molar-refractivity contribution in [3.8, 4) is 0 Å². The summed E-state index contributed by atoms with van der Waals surface area (Å²) in [6.45, 7) is 4.10. The van der Waals surface area contributed by atoms with E-state index in [2.05, 4.69) is 9.97 Å². The van der Waals surface area contributed by atoms with Crippen molar-refractivity contribution in [2.75, 3.05) is 25.4 Å². The predicted octanol–water partition coefficient (Wildman–Crippen LogP) is 2.20. The summed E-state index contributed by atoms with van der Waals surface area (Å²) >= 11 is 1.17. The zero-order valence-corrected chi connectivity index (χ0v) is 17.3. The molecule has 1 amide bonds. The van der Waals surface area contributed by atoms with Crippen molar-refractivity contribution in [2.24, 2.45) is 0 Å². The molecule has 0 atom stereocenters. The van der Waals surface area contributed by atoms with E-state index in [1.807, 2.05) is 0 Å². The SMILES string of the molecule is CCOC(=O)c1sc2nc(COC(=O)CN3CCCCCC3=O)nc(N)c2c1C. The van der Waals surface area contributed by atoms with E-state index < -0.39 is 11.9 Å². The first-order valence-corrected chi connectivity index (χ1v) is 10.4. The van der Waals surface area contributed by atoms with Crippen molar-refractivity contribution in [3.63, 3.8) is 0 Å². The minimum atomic E-state index is -0.517. The lowest BCUT2D eigenvalue weighted by Crippen LogP contribution is -2.36. The Balaban J connectivity index is 1.69. The average molecular weight is 420 g/mol. The van der Waals surface area contributed by atoms with Crippen molar-refractivity contribution in [2.45, 2.75) is 46.1 Å². The molecule has 0 aliphatic carbocycles. The molecule has 0 radical (unpaired) electrons. The van der Waals surface area contributed by atoms with Crippen LogP contribution in [0, 0.1) is 6.92 Å². The zero-order chi connectivity index (χ0) is 21.0. The van der Waals surface area contributed by atoms with Gasteiger partial charge in [-0.3, -0.25) is 9.59 Å². The number of rotatable bonds is 6. The van der Waals surface area contributed by atoms with Gasteiger partial charge in [-0.25, -0.2) is 14.8 Å². The van der Waals surface area contributed by atoms with E-state index in [1.54, 1.807) is 13.8 Å². The number of carbonyl (C=O) groups excluding carboxylic acids is 3. The topological polar surface area (TPSA) is 125 Å². The van der Waals surface area contributed by atoms with E-state index in [9.17, 15) is 14.4 Å². The number of hydrogen-bond donors (Lipinski definition) is 1. The summed E-state index contributed by atoms with van der Waals surface area (Å²) in [6.07, 6.45) is 3.18. The number of nitrogens with two attached hydrogens (primary N) is 1. The molecule has 2 aromatic rings. The predicted molar refractivity (Wildman–Crippen MR) is 107 cm³/mol. The van der Waals surface area contributed by atoms with Gasteiger partial charge in [0.2, 0.25) is 5.91 Å². The van der Waals surface area contributed by atoms with Crippen LogP contribution in [0.5, 0.6) is 0 Å². The van der Waals surface area contributed by atoms with Crippen molar-refractivity contribution in [1.29, 1.82) is 0 Å². The molecule has 0 bridgehead atoms. The van der Waals surface area contributed by atoms with E-state index in [4.69, 9.17) is 15.2 Å². The van der Waals surface area contributed by atoms with Gasteiger partial charge in [0.1, 0.15) is 22.1 Å². The molecule has 3 rings (SSSR count). The lowest BCUT2D eigenvalue weighted by molar-refractivity contribution is -0.150. The molecule has 29 heavy (non-hydrogen) atoms. The van der Waals surface area contributed by atoms with Crippen molar-refractivity contribution >= 4 is 45.2 Å². The van der Waals surface area contributed by atoms with Gasteiger partial charge in [0.15, 0.2) is 12.4 Å². The molecule has 0 saturated carbocycles. The van der Waals surface area contributed by atoms with Gasteiger partial charge in [0.25, 0.3) is 0 Å². The molecule has 0 unspecified atom stereocenters. The zero-order valence-electron chi connectivity index (χ0n) is 16.5. The Labute approximate surface area is 172 Å². The molecule has 3 heterocycles. The highest BCUT2D eigenvalue weighted by Crippen LogP contribution is 2.33. The fraction of sp³-hybridized carbons (Fsp3) is 0.526. The molecular weight excluding hydrogens is 396 g/mol. The van der Waals surface area contributed by atoms with Gasteiger partial charge in [-0.1, -0.05) is 6.42 Å². The molecule has 0 spiro atoms. The number of aromatic nitrogens is 2. The van der Waals surface area contributed by atoms with Crippen LogP contribution in [0.3, 0.4) is 0 Å². The maximum absolute atomic E-state index is 12.1. The number of thiophene rings is 1. The van der Waals surface area contributed by atoms with Crippen LogP contribution >= 0.6 is 11.3 Å². The standard InChI is InChI=1S/C19H24N4O5S/c1-3-27-19(26)16-11(2)15-17(20)21-12(22-18(15)29-16)10-28-14(25)9-23-8-6-4-5-7-13(23)24/h3-10H2,1-2H3,(H2,20,21,22). The van der Waals surface area contributed by atoms with Gasteiger partial charge in [0.05, 0.1) is 12.0 Å². The second-order valence-corrected chi connectivity index (χ2v) is 7.77. The van der Waals surface area contributed by atoms with E-state index in [-0.39, 0.29) is 37.3 Å². The summed E-state index contributed by atoms with van der Waals surface area (Å²) in [5, 5.41) is 0.600. The minimum Gasteiger partial charge on any atom is -0.462 e. The third kappa shape index (κ3) is 4.81. The smallest absolute Gasteiger partial charge is 0.348 e. The second-order valence-electron chi connectivity index (χ2n) is 6.77. The Morgan fingerprint density at radius 3 is 2.76 bits per heavy atom. The molecule has 2 N–H and O–H groups in total. The Kier molecular flexibility index (Phi) is 6.63. The van der Waals surface area contributed by atoms with Crippen molar-refractivity contribution in [3.05, 3.63) is 16.3 Å². The van der Waals surface area contributed by atoms with Crippen LogP contribution in [0.25, 0.3) is 10.2 Å². The molecular formula is C19H24N4O5S. The third-order valence-corrected chi connectivity index (χ3v) is 5.84. The normalized spacial score (nSPS) is 14.7. The first-order valence-electron chi connectivity index (χ1n) is 9.56. The minimum absolute atomic E-state index is 0.0260. The Morgan fingerprint density at radius 2 is 2.00 bits per heavy atom. The van der Waals surface area contributed by atoms with E-state index in [0.717, 1.165) is 19.3 Å². The van der Waals surface area contributed by atoms with Gasteiger partial charge in [-0.05, 0) is 32.3 Å². The van der Waals surface area contributed by atoms with Crippen LogP contribution in [-0.2, 0) is 25.7 Å². The molecule has 1 fully saturated rings. The van der Waals surface area contributed by atoms with Gasteiger partial charge in [-0.15, -0.1) is 11.3 Å². The molecule has 0 aromatic carbocycles. The fourth-order valence-corrected chi connectivity index (χ4v) is 4.33. The molecule has 1 saturated heterocycles. The summed E-state index contributed by atoms with van der Waals surface area (Å²) in [5.74, 6) is -0.517. The number of amides is 1. The Bertz CT molecular complexity index is 942. The van der Waals surface area contributed by atoms with Gasteiger partial charge < -0.3 is 20.1 Å². The van der Waals surface area contributed by atoms with Crippen LogP contribution in [-0.4, -0.2) is 52.4 Å². The quantitative estimate of drug-likeness (QED) is 0.705. The molecule has 9 nitrogen and oxygen atoms in total. The third-order valence-electron chi connectivity index (χ3n) is 4.68. The first kappa shape index (κ1) is 21.0. The van der Waals surface area contributed by atoms with E-state index in [1.165, 1.54) is 16.2 Å². The van der Waals surface area contributed by atoms with E-state index >= 15 is 0 Å². The van der Waals surface area contributed by atoms with Crippen LogP contribution in [0.1, 0.15) is 53.7 Å². The number of nitrogen functional groups attached to an aromatic ring is 1. The number of hydrogen-bond acceptors (Lipinski definition) is 9. The number of carbonyl (C=O) groups is 3. The van der Waals surface area contributed by atoms with Crippen molar-refractivity contribution in [1.82, 2.24) is 14.9 Å². The maximum atomic E-state index is 12.1. The maximum Gasteiger partial charge on any atom is 0.348 e. The van der Waals surface area contributed by atoms with Gasteiger partial charge in [0, 0.05) is 13.0 Å². The van der Waals surface area contributed by atoms with Crippen LogP contribution in [0.4, 0.5) is 5.82 Å². The molecule has 156 valence electrons. The number of nitrogens with zero attached hydrogens (tertiary/aromatic N) is 3. The van der Waals surface area contributed by atoms with E-state index in [0.29, 0.717) is 33.6 Å². The summed E-state index contributed by atoms with van der Waals surface area (Å²) in [6, 6.07) is 0. The Morgan fingerprint density at radius 1 is 1.21 bits per heavy atom. The number of esters is 2. The lowest BCUT2D eigenvalue weighted by Gasteiger charge is -2.19. The summed E-state index contributed by atoms with van der Waals surface area (Å²) in [4.78, 5) is 47.3. The average Bonchev–Trinajstić information content (AvgIpc) is 2.88. The molecule has 1 aliphatic rings. The monoisotopic (exact) mass is 420 g/mol. The summed E-state index contributed by atoms with van der Waals surface area (Å²) < 4.78 is 10.3. The van der Waals surface area contributed by atoms with Crippen LogP contribution in [0.2, 0.25) is 0 Å². The number of aryl methyl sites for hydroxylation is 1. The first-order chi connectivity index (χ1) is 13.9. The summed E-state index contributed by atoms with van der Waals surface area (Å²) in [7, 11) is 0. The molecule has 10 heteroatoms. The number of likely N-dealkylation sites (tertiary alicyclic amines) is 1. The fourth-order valence-electron chi connectivity index (χ4n) is 3.22. The Hall–Kier alpha value is -2.75. The lowest BCUT2D eigenvalue weighted by atomic mass is 10.2. The van der Waals surface area contributed by atoms with Gasteiger partial charge in [-0.2, -0.15) is 0 Å². The van der Waals surface area contributed by atoms with Crippen LogP contribution in [0.15, 0.2) is 0 Å². The second kappa shape index (κ2) is 9.17. The molecule has 1 aliphatic heterocycles.